The number of methoxy groups -OCH3 is 2. The number of carbonyl (C=O) groups is 2. The Hall–Kier alpha value is -0.463. The Bertz CT molecular complexity index is 130. The summed E-state index contributed by atoms with van der Waals surface area (Å²) in [6, 6.07) is 0. The fourth-order valence-corrected chi connectivity index (χ4v) is 0.581. The Kier molecular flexibility index (Phi) is 10.1. The molecular formula is C7H12LiO4+. The Labute approximate surface area is 83.8 Å². The van der Waals surface area contributed by atoms with E-state index in [0.717, 1.165) is 0 Å². The molecule has 0 atom stereocenters. The molecule has 0 aromatic heterocycles. The third-order valence-electron chi connectivity index (χ3n) is 1.22. The van der Waals surface area contributed by atoms with E-state index in [1.807, 2.05) is 0 Å². The van der Waals surface area contributed by atoms with Gasteiger partial charge in [0.2, 0.25) is 0 Å². The predicted octanol–water partition coefficient (Wildman–Crippen LogP) is -2.49. The van der Waals surface area contributed by atoms with Crippen molar-refractivity contribution < 1.29 is 37.9 Å². The van der Waals surface area contributed by atoms with Crippen LogP contribution in [0.4, 0.5) is 0 Å². The molecule has 0 radical (unpaired) electrons. The molecule has 0 aliphatic heterocycles. The topological polar surface area (TPSA) is 52.6 Å². The van der Waals surface area contributed by atoms with E-state index in [1.165, 1.54) is 14.2 Å². The van der Waals surface area contributed by atoms with Crippen molar-refractivity contribution in [3.8, 4) is 0 Å². The van der Waals surface area contributed by atoms with Crippen molar-refractivity contribution in [2.24, 2.45) is 0 Å². The molecule has 0 aromatic carbocycles. The van der Waals surface area contributed by atoms with Crippen LogP contribution in [-0.2, 0) is 19.1 Å². The minimum absolute atomic E-state index is 0. The fraction of sp³-hybridized carbons (Fsp3) is 0.714. The van der Waals surface area contributed by atoms with Crippen LogP contribution in [0, 0.1) is 0 Å². The van der Waals surface area contributed by atoms with Crippen molar-refractivity contribution in [1.29, 1.82) is 0 Å². The molecule has 0 N–H and O–H groups in total. The summed E-state index contributed by atoms with van der Waals surface area (Å²) in [5, 5.41) is 0. The van der Waals surface area contributed by atoms with Gasteiger partial charge in [-0.15, -0.1) is 0 Å². The van der Waals surface area contributed by atoms with E-state index >= 15 is 0 Å². The summed E-state index contributed by atoms with van der Waals surface area (Å²) >= 11 is 0. The van der Waals surface area contributed by atoms with Gasteiger partial charge in [0.25, 0.3) is 0 Å². The maximum atomic E-state index is 10.5. The van der Waals surface area contributed by atoms with Gasteiger partial charge >= 0.3 is 30.8 Å². The van der Waals surface area contributed by atoms with E-state index in [9.17, 15) is 9.59 Å². The molecule has 5 heteroatoms. The van der Waals surface area contributed by atoms with Crippen molar-refractivity contribution in [2.75, 3.05) is 14.2 Å². The Morgan fingerprint density at radius 3 is 1.58 bits per heavy atom. The van der Waals surface area contributed by atoms with Gasteiger partial charge in [-0.05, 0) is 6.42 Å². The zero-order valence-electron chi connectivity index (χ0n) is 7.75. The standard InChI is InChI=1S/C7H12O4.Li/c1-10-6(8)4-3-5-7(9)11-2;/h3-5H2,1-2H3;/q;+1. The van der Waals surface area contributed by atoms with Crippen LogP contribution in [0.5, 0.6) is 0 Å². The molecule has 0 rings (SSSR count). The summed E-state index contributed by atoms with van der Waals surface area (Å²) in [5.41, 5.74) is 0. The summed E-state index contributed by atoms with van der Waals surface area (Å²) in [6.45, 7) is 0. The average Bonchev–Trinajstić information content (AvgIpc) is 2.04. The first-order valence-corrected chi connectivity index (χ1v) is 3.34. The first kappa shape index (κ1) is 14.1. The maximum Gasteiger partial charge on any atom is 1.00 e. The van der Waals surface area contributed by atoms with E-state index in [1.54, 1.807) is 0 Å². The van der Waals surface area contributed by atoms with Gasteiger partial charge in [0.1, 0.15) is 0 Å². The Balaban J connectivity index is 0. The number of ether oxygens (including phenoxy) is 2. The number of rotatable bonds is 4. The van der Waals surface area contributed by atoms with Gasteiger partial charge in [0.05, 0.1) is 14.2 Å². The summed E-state index contributed by atoms with van der Waals surface area (Å²) in [6.07, 6.45) is 1.02. The molecule has 64 valence electrons. The van der Waals surface area contributed by atoms with Crippen LogP contribution in [0.3, 0.4) is 0 Å². The van der Waals surface area contributed by atoms with E-state index in [0.29, 0.717) is 6.42 Å². The molecule has 0 unspecified atom stereocenters. The second kappa shape index (κ2) is 8.63. The molecule has 4 nitrogen and oxygen atoms in total. The molecule has 0 heterocycles. The summed E-state index contributed by atoms with van der Waals surface area (Å²) in [4.78, 5) is 21.0. The molecule has 0 saturated heterocycles. The quantitative estimate of drug-likeness (QED) is 0.343. The van der Waals surface area contributed by atoms with Crippen molar-refractivity contribution in [1.82, 2.24) is 0 Å². The van der Waals surface area contributed by atoms with Gasteiger partial charge in [-0.3, -0.25) is 9.59 Å². The smallest absolute Gasteiger partial charge is 0.469 e. The van der Waals surface area contributed by atoms with Crippen LogP contribution in [0.25, 0.3) is 0 Å². The van der Waals surface area contributed by atoms with Gasteiger partial charge in [-0.1, -0.05) is 0 Å². The number of carbonyl (C=O) groups excluding carboxylic acids is 2. The normalized spacial score (nSPS) is 8.17. The van der Waals surface area contributed by atoms with Crippen LogP contribution in [0.2, 0.25) is 0 Å². The molecule has 0 spiro atoms. The zero-order valence-corrected chi connectivity index (χ0v) is 7.75. The molecule has 0 aromatic rings. The van der Waals surface area contributed by atoms with Gasteiger partial charge in [0, 0.05) is 12.8 Å². The Morgan fingerprint density at radius 1 is 1.00 bits per heavy atom. The molecule has 12 heavy (non-hydrogen) atoms. The third-order valence-corrected chi connectivity index (χ3v) is 1.22. The molecular weight excluding hydrogens is 155 g/mol. The molecule has 0 saturated carbocycles. The van der Waals surface area contributed by atoms with Crippen molar-refractivity contribution in [3.05, 3.63) is 0 Å². The van der Waals surface area contributed by atoms with Crippen molar-refractivity contribution in [2.45, 2.75) is 19.3 Å². The van der Waals surface area contributed by atoms with E-state index in [-0.39, 0.29) is 43.6 Å². The van der Waals surface area contributed by atoms with E-state index in [4.69, 9.17) is 0 Å². The summed E-state index contributed by atoms with van der Waals surface area (Å²) in [7, 11) is 2.64. The molecule has 0 aliphatic carbocycles. The first-order chi connectivity index (χ1) is 5.20. The molecule has 0 aliphatic rings. The number of hydrogen-bond donors (Lipinski definition) is 0. The number of hydrogen-bond acceptors (Lipinski definition) is 4. The zero-order chi connectivity index (χ0) is 8.69. The van der Waals surface area contributed by atoms with E-state index in [2.05, 4.69) is 9.47 Å². The molecule has 0 fully saturated rings. The minimum Gasteiger partial charge on any atom is -0.469 e. The van der Waals surface area contributed by atoms with Crippen molar-refractivity contribution >= 4 is 11.9 Å². The minimum atomic E-state index is -0.297. The summed E-state index contributed by atoms with van der Waals surface area (Å²) < 4.78 is 8.75. The second-order valence-electron chi connectivity index (χ2n) is 2.01. The fourth-order valence-electron chi connectivity index (χ4n) is 0.581. The van der Waals surface area contributed by atoms with Crippen molar-refractivity contribution in [3.63, 3.8) is 0 Å². The average molecular weight is 167 g/mol. The van der Waals surface area contributed by atoms with Crippen LogP contribution in [-0.4, -0.2) is 26.2 Å². The van der Waals surface area contributed by atoms with Gasteiger partial charge < -0.3 is 9.47 Å². The predicted molar refractivity (Wildman–Crippen MR) is 37.9 cm³/mol. The monoisotopic (exact) mass is 167 g/mol. The molecule has 0 amide bonds. The second-order valence-corrected chi connectivity index (χ2v) is 2.01. The largest absolute Gasteiger partial charge is 1.00 e. The van der Waals surface area contributed by atoms with Crippen LogP contribution in [0.15, 0.2) is 0 Å². The summed E-state index contributed by atoms with van der Waals surface area (Å²) in [5.74, 6) is -0.595. The van der Waals surface area contributed by atoms with E-state index < -0.39 is 0 Å². The number of esters is 2. The van der Waals surface area contributed by atoms with Gasteiger partial charge in [-0.2, -0.15) is 0 Å². The Morgan fingerprint density at radius 2 is 1.33 bits per heavy atom. The van der Waals surface area contributed by atoms with Gasteiger partial charge in [-0.25, -0.2) is 0 Å². The maximum absolute atomic E-state index is 10.5. The molecule has 0 bridgehead atoms. The van der Waals surface area contributed by atoms with Crippen LogP contribution in [0.1, 0.15) is 19.3 Å². The third kappa shape index (κ3) is 7.64. The van der Waals surface area contributed by atoms with Gasteiger partial charge in [0.15, 0.2) is 0 Å². The van der Waals surface area contributed by atoms with Crippen LogP contribution < -0.4 is 18.9 Å². The SMILES string of the molecule is COC(=O)CCCC(=O)OC.[Li+]. The first-order valence-electron chi connectivity index (χ1n) is 3.34. The van der Waals surface area contributed by atoms with Crippen LogP contribution >= 0.6 is 0 Å².